The summed E-state index contributed by atoms with van der Waals surface area (Å²) in [6.45, 7) is 3.60. The Morgan fingerprint density at radius 1 is 1.13 bits per heavy atom. The summed E-state index contributed by atoms with van der Waals surface area (Å²) in [5, 5.41) is 7.06. The van der Waals surface area contributed by atoms with Gasteiger partial charge in [-0.25, -0.2) is 23.4 Å². The number of anilines is 2. The number of hydrogen-bond acceptors (Lipinski definition) is 9. The molecule has 1 aliphatic heterocycles. The second kappa shape index (κ2) is 10.7. The molecular formula is C27H27N7O3S. The number of fused-ring (bicyclic) bond motifs is 1. The van der Waals surface area contributed by atoms with Crippen LogP contribution in [0.4, 0.5) is 11.6 Å². The standard InChI is InChI=1S/C27H27N7O3S/c1-3-4-20-13-21-15-30-27(32-23-7-5-18(6-8-23)19-9-11-28-12-10-19)33-24(21)34(26(20)35)16-22-14-29-17-31-25(22)38(2,36)37/h5-8,13-15,17,19,28H,9-12,16H2,1-2H3,(H,30,32,33). The molecule has 0 spiro atoms. The van der Waals surface area contributed by atoms with Crippen molar-refractivity contribution in [2.24, 2.45) is 0 Å². The number of aromatic nitrogens is 5. The van der Waals surface area contributed by atoms with Gasteiger partial charge >= 0.3 is 0 Å². The van der Waals surface area contributed by atoms with Crippen molar-refractivity contribution >= 4 is 32.5 Å². The molecule has 1 fully saturated rings. The topological polar surface area (TPSA) is 132 Å². The molecular weight excluding hydrogens is 502 g/mol. The fourth-order valence-corrected chi connectivity index (χ4v) is 5.51. The van der Waals surface area contributed by atoms with Gasteiger partial charge in [0, 0.05) is 35.3 Å². The molecule has 10 nitrogen and oxygen atoms in total. The molecule has 0 bridgehead atoms. The molecule has 194 valence electrons. The lowest BCUT2D eigenvalue weighted by Crippen LogP contribution is -2.26. The van der Waals surface area contributed by atoms with Crippen molar-refractivity contribution in [3.05, 3.63) is 76.1 Å². The number of sulfone groups is 1. The Labute approximate surface area is 220 Å². The zero-order valence-corrected chi connectivity index (χ0v) is 21.9. The van der Waals surface area contributed by atoms with E-state index in [0.29, 0.717) is 22.9 Å². The molecule has 2 N–H and O–H groups in total. The highest BCUT2D eigenvalue weighted by Crippen LogP contribution is 2.27. The lowest BCUT2D eigenvalue weighted by molar-refractivity contribution is 0.460. The van der Waals surface area contributed by atoms with Gasteiger partial charge in [-0.05, 0) is 62.5 Å². The monoisotopic (exact) mass is 529 g/mol. The van der Waals surface area contributed by atoms with E-state index in [4.69, 9.17) is 0 Å². The SMILES string of the molecule is CC#Cc1cc2cnc(Nc3ccc(C4CCNCC4)cc3)nc2n(Cc2cncnc2S(C)(=O)=O)c1=O. The Balaban J connectivity index is 1.53. The molecule has 0 radical (unpaired) electrons. The van der Waals surface area contributed by atoms with E-state index in [-0.39, 0.29) is 22.7 Å². The van der Waals surface area contributed by atoms with Gasteiger partial charge in [0.15, 0.2) is 14.9 Å². The highest BCUT2D eigenvalue weighted by Gasteiger charge is 2.19. The van der Waals surface area contributed by atoms with Gasteiger partial charge in [0.2, 0.25) is 5.95 Å². The Kier molecular flexibility index (Phi) is 7.18. The molecule has 38 heavy (non-hydrogen) atoms. The third-order valence-electron chi connectivity index (χ3n) is 6.49. The van der Waals surface area contributed by atoms with Crippen molar-refractivity contribution in [1.29, 1.82) is 0 Å². The van der Waals surface area contributed by atoms with E-state index in [0.717, 1.165) is 37.9 Å². The highest BCUT2D eigenvalue weighted by molar-refractivity contribution is 7.90. The first kappa shape index (κ1) is 25.5. The van der Waals surface area contributed by atoms with Gasteiger partial charge in [-0.15, -0.1) is 5.92 Å². The lowest BCUT2D eigenvalue weighted by atomic mass is 9.90. The van der Waals surface area contributed by atoms with Gasteiger partial charge in [-0.2, -0.15) is 4.98 Å². The van der Waals surface area contributed by atoms with E-state index in [2.05, 4.69) is 54.5 Å². The van der Waals surface area contributed by atoms with E-state index in [1.54, 1.807) is 19.2 Å². The van der Waals surface area contributed by atoms with Crippen molar-refractivity contribution in [2.45, 2.75) is 37.3 Å². The quantitative estimate of drug-likeness (QED) is 0.286. The van der Waals surface area contributed by atoms with Gasteiger partial charge in [0.1, 0.15) is 12.0 Å². The maximum atomic E-state index is 13.4. The smallest absolute Gasteiger partial charge is 0.268 e. The minimum atomic E-state index is -3.64. The Hall–Kier alpha value is -4.14. The van der Waals surface area contributed by atoms with E-state index in [1.807, 2.05) is 12.1 Å². The van der Waals surface area contributed by atoms with Crippen LogP contribution < -0.4 is 16.2 Å². The Bertz CT molecular complexity index is 1720. The third kappa shape index (κ3) is 5.41. The molecule has 0 amide bonds. The number of benzene rings is 1. The summed E-state index contributed by atoms with van der Waals surface area (Å²) < 4.78 is 26.0. The number of nitrogens with zero attached hydrogens (tertiary/aromatic N) is 5. The zero-order valence-electron chi connectivity index (χ0n) is 21.1. The number of nitrogens with one attached hydrogen (secondary N) is 2. The number of piperidine rings is 1. The van der Waals surface area contributed by atoms with Crippen LogP contribution in [-0.4, -0.2) is 52.3 Å². The summed E-state index contributed by atoms with van der Waals surface area (Å²) in [5.74, 6) is 6.42. The van der Waals surface area contributed by atoms with Crippen LogP contribution in [0.25, 0.3) is 11.0 Å². The molecule has 0 unspecified atom stereocenters. The minimum absolute atomic E-state index is 0.0980. The molecule has 5 rings (SSSR count). The summed E-state index contributed by atoms with van der Waals surface area (Å²) >= 11 is 0. The first-order valence-corrected chi connectivity index (χ1v) is 14.1. The summed E-state index contributed by atoms with van der Waals surface area (Å²) in [5.41, 5.74) is 2.61. The fraction of sp³-hybridized carbons (Fsp3) is 0.296. The van der Waals surface area contributed by atoms with Crippen LogP contribution in [0, 0.1) is 11.8 Å². The molecule has 0 aliphatic carbocycles. The molecule has 11 heteroatoms. The van der Waals surface area contributed by atoms with Crippen LogP contribution in [0.2, 0.25) is 0 Å². The van der Waals surface area contributed by atoms with Crippen LogP contribution in [0.15, 0.2) is 58.9 Å². The third-order valence-corrected chi connectivity index (χ3v) is 7.56. The molecule has 0 saturated carbocycles. The first-order valence-electron chi connectivity index (χ1n) is 12.2. The van der Waals surface area contributed by atoms with E-state index in [1.165, 1.54) is 22.7 Å². The average molecular weight is 530 g/mol. The Morgan fingerprint density at radius 2 is 1.89 bits per heavy atom. The van der Waals surface area contributed by atoms with Crippen molar-refractivity contribution in [2.75, 3.05) is 24.7 Å². The van der Waals surface area contributed by atoms with Crippen molar-refractivity contribution < 1.29 is 8.42 Å². The summed E-state index contributed by atoms with van der Waals surface area (Å²) in [6.07, 6.45) is 7.49. The molecule has 3 aromatic heterocycles. The lowest BCUT2D eigenvalue weighted by Gasteiger charge is -2.23. The molecule has 4 aromatic rings. The van der Waals surface area contributed by atoms with Gasteiger partial charge in [-0.1, -0.05) is 18.1 Å². The Morgan fingerprint density at radius 3 is 2.61 bits per heavy atom. The van der Waals surface area contributed by atoms with Crippen molar-refractivity contribution in [3.63, 3.8) is 0 Å². The summed E-state index contributed by atoms with van der Waals surface area (Å²) in [6, 6.07) is 9.87. The first-order chi connectivity index (χ1) is 18.3. The molecule has 4 heterocycles. The molecule has 1 saturated heterocycles. The summed E-state index contributed by atoms with van der Waals surface area (Å²) in [7, 11) is -3.64. The van der Waals surface area contributed by atoms with Gasteiger partial charge in [0.25, 0.3) is 5.56 Å². The predicted octanol–water partition coefficient (Wildman–Crippen LogP) is 2.62. The average Bonchev–Trinajstić information content (AvgIpc) is 2.92. The maximum absolute atomic E-state index is 13.4. The van der Waals surface area contributed by atoms with Crippen molar-refractivity contribution in [3.8, 4) is 11.8 Å². The second-order valence-corrected chi connectivity index (χ2v) is 11.1. The fourth-order valence-electron chi connectivity index (χ4n) is 4.67. The van der Waals surface area contributed by atoms with Crippen LogP contribution >= 0.6 is 0 Å². The maximum Gasteiger partial charge on any atom is 0.268 e. The second-order valence-electron chi connectivity index (χ2n) is 9.19. The predicted molar refractivity (Wildman–Crippen MR) is 145 cm³/mol. The molecule has 0 atom stereocenters. The van der Waals surface area contributed by atoms with Gasteiger partial charge in [0.05, 0.1) is 12.1 Å². The largest absolute Gasteiger partial charge is 0.324 e. The summed E-state index contributed by atoms with van der Waals surface area (Å²) in [4.78, 5) is 30.4. The number of rotatable bonds is 6. The molecule has 1 aromatic carbocycles. The molecule has 1 aliphatic rings. The highest BCUT2D eigenvalue weighted by atomic mass is 32.2. The van der Waals surface area contributed by atoms with Gasteiger partial charge in [-0.3, -0.25) is 9.36 Å². The van der Waals surface area contributed by atoms with Crippen LogP contribution in [-0.2, 0) is 16.4 Å². The number of pyridine rings is 1. The zero-order chi connectivity index (χ0) is 26.7. The van der Waals surface area contributed by atoms with Crippen LogP contribution in [0.5, 0.6) is 0 Å². The van der Waals surface area contributed by atoms with E-state index < -0.39 is 15.4 Å². The van der Waals surface area contributed by atoms with E-state index in [9.17, 15) is 13.2 Å². The van der Waals surface area contributed by atoms with E-state index >= 15 is 0 Å². The number of hydrogen-bond donors (Lipinski definition) is 2. The van der Waals surface area contributed by atoms with Crippen LogP contribution in [0.1, 0.15) is 42.4 Å². The van der Waals surface area contributed by atoms with Gasteiger partial charge < -0.3 is 10.6 Å². The normalized spacial score (nSPS) is 14.2. The van der Waals surface area contributed by atoms with Crippen LogP contribution in [0.3, 0.4) is 0 Å². The van der Waals surface area contributed by atoms with Crippen molar-refractivity contribution in [1.82, 2.24) is 29.8 Å². The minimum Gasteiger partial charge on any atom is -0.324 e.